The average molecular weight is 154 g/mol. The Morgan fingerprint density at radius 3 is 2.27 bits per heavy atom. The zero-order chi connectivity index (χ0) is 8.85. The first-order valence-electron chi connectivity index (χ1n) is 4.15. The molecule has 2 nitrogen and oxygen atoms in total. The van der Waals surface area contributed by atoms with E-state index in [4.69, 9.17) is 5.26 Å². The first kappa shape index (κ1) is 10.4. The Morgan fingerprint density at radius 2 is 1.91 bits per heavy atom. The molecule has 64 valence electrons. The van der Waals surface area contributed by atoms with Gasteiger partial charge in [-0.3, -0.25) is 4.90 Å². The van der Waals surface area contributed by atoms with Gasteiger partial charge in [0.15, 0.2) is 0 Å². The highest BCUT2D eigenvalue weighted by Gasteiger charge is 2.09. The van der Waals surface area contributed by atoms with Crippen molar-refractivity contribution in [2.24, 2.45) is 5.92 Å². The van der Waals surface area contributed by atoms with Gasteiger partial charge in [-0.15, -0.1) is 0 Å². The van der Waals surface area contributed by atoms with Crippen LogP contribution in [0.2, 0.25) is 0 Å². The van der Waals surface area contributed by atoms with Crippen molar-refractivity contribution in [1.29, 1.82) is 5.26 Å². The number of rotatable bonds is 4. The zero-order valence-corrected chi connectivity index (χ0v) is 7.96. The van der Waals surface area contributed by atoms with Crippen molar-refractivity contribution in [3.8, 4) is 6.07 Å². The van der Waals surface area contributed by atoms with Crippen LogP contribution in [0.4, 0.5) is 0 Å². The smallest absolute Gasteiger partial charge is 0.0865 e. The second-order valence-electron chi connectivity index (χ2n) is 3.55. The summed E-state index contributed by atoms with van der Waals surface area (Å²) >= 11 is 0. The maximum absolute atomic E-state index is 8.43. The standard InChI is InChI=1S/C9H18N2/c1-8(2)7-9(3)11(4)6-5-10/h8-9H,6-7H2,1-4H3. The van der Waals surface area contributed by atoms with Crippen LogP contribution in [-0.2, 0) is 0 Å². The molecule has 0 bridgehead atoms. The van der Waals surface area contributed by atoms with Crippen LogP contribution in [0.5, 0.6) is 0 Å². The molecule has 0 heterocycles. The predicted octanol–water partition coefficient (Wildman–Crippen LogP) is 1.88. The number of hydrogen-bond donors (Lipinski definition) is 0. The minimum absolute atomic E-state index is 0.523. The molecule has 0 aliphatic heterocycles. The minimum Gasteiger partial charge on any atom is -0.291 e. The molecule has 0 aromatic rings. The van der Waals surface area contributed by atoms with Gasteiger partial charge in [0.1, 0.15) is 0 Å². The van der Waals surface area contributed by atoms with Crippen molar-refractivity contribution in [2.75, 3.05) is 13.6 Å². The summed E-state index contributed by atoms with van der Waals surface area (Å²) in [5.74, 6) is 0.714. The summed E-state index contributed by atoms with van der Waals surface area (Å²) in [6.45, 7) is 7.11. The molecule has 0 amide bonds. The molecular weight excluding hydrogens is 136 g/mol. The maximum Gasteiger partial charge on any atom is 0.0865 e. The normalized spacial score (nSPS) is 13.5. The lowest BCUT2D eigenvalue weighted by Gasteiger charge is -2.23. The van der Waals surface area contributed by atoms with E-state index >= 15 is 0 Å². The monoisotopic (exact) mass is 154 g/mol. The highest BCUT2D eigenvalue weighted by atomic mass is 15.1. The SMILES string of the molecule is CC(C)CC(C)N(C)CC#N. The van der Waals surface area contributed by atoms with Gasteiger partial charge < -0.3 is 0 Å². The van der Waals surface area contributed by atoms with Crippen LogP contribution in [0.3, 0.4) is 0 Å². The quantitative estimate of drug-likeness (QED) is 0.578. The molecule has 0 N–H and O–H groups in total. The number of nitrogens with zero attached hydrogens (tertiary/aromatic N) is 2. The van der Waals surface area contributed by atoms with Crippen molar-refractivity contribution < 1.29 is 0 Å². The van der Waals surface area contributed by atoms with Crippen molar-refractivity contribution >= 4 is 0 Å². The summed E-state index contributed by atoms with van der Waals surface area (Å²) in [5, 5.41) is 8.43. The summed E-state index contributed by atoms with van der Waals surface area (Å²) in [5.41, 5.74) is 0. The van der Waals surface area contributed by atoms with E-state index in [1.807, 2.05) is 7.05 Å². The van der Waals surface area contributed by atoms with Gasteiger partial charge in [0.05, 0.1) is 12.6 Å². The maximum atomic E-state index is 8.43. The number of hydrogen-bond acceptors (Lipinski definition) is 2. The molecule has 0 aliphatic carbocycles. The third-order valence-corrected chi connectivity index (χ3v) is 1.89. The van der Waals surface area contributed by atoms with Crippen LogP contribution in [0.25, 0.3) is 0 Å². The Bertz CT molecular complexity index is 135. The molecule has 1 unspecified atom stereocenters. The largest absolute Gasteiger partial charge is 0.291 e. The predicted molar refractivity (Wildman–Crippen MR) is 47.2 cm³/mol. The van der Waals surface area contributed by atoms with Gasteiger partial charge in [0.2, 0.25) is 0 Å². The van der Waals surface area contributed by atoms with Gasteiger partial charge >= 0.3 is 0 Å². The lowest BCUT2D eigenvalue weighted by atomic mass is 10.0. The first-order chi connectivity index (χ1) is 5.07. The van der Waals surface area contributed by atoms with Crippen LogP contribution < -0.4 is 0 Å². The summed E-state index contributed by atoms with van der Waals surface area (Å²) in [6, 6.07) is 2.67. The molecule has 2 heteroatoms. The van der Waals surface area contributed by atoms with E-state index in [1.54, 1.807) is 0 Å². The van der Waals surface area contributed by atoms with E-state index in [0.29, 0.717) is 18.5 Å². The van der Waals surface area contributed by atoms with Crippen molar-refractivity contribution in [3.63, 3.8) is 0 Å². The summed E-state index contributed by atoms with van der Waals surface area (Å²) in [6.07, 6.45) is 1.16. The van der Waals surface area contributed by atoms with Crippen molar-refractivity contribution in [2.45, 2.75) is 33.2 Å². The van der Waals surface area contributed by atoms with Gasteiger partial charge in [0.25, 0.3) is 0 Å². The van der Waals surface area contributed by atoms with Crippen LogP contribution >= 0.6 is 0 Å². The molecule has 0 saturated carbocycles. The van der Waals surface area contributed by atoms with E-state index in [-0.39, 0.29) is 0 Å². The highest BCUT2D eigenvalue weighted by Crippen LogP contribution is 2.08. The first-order valence-corrected chi connectivity index (χ1v) is 4.15. The topological polar surface area (TPSA) is 27.0 Å². The van der Waals surface area contributed by atoms with Crippen LogP contribution in [0, 0.1) is 17.2 Å². The molecule has 0 rings (SSSR count). The van der Waals surface area contributed by atoms with E-state index in [9.17, 15) is 0 Å². The van der Waals surface area contributed by atoms with Crippen molar-refractivity contribution in [1.82, 2.24) is 4.90 Å². The highest BCUT2D eigenvalue weighted by molar-refractivity contribution is 4.77. The van der Waals surface area contributed by atoms with E-state index in [1.165, 1.54) is 0 Å². The fourth-order valence-electron chi connectivity index (χ4n) is 1.13. The van der Waals surface area contributed by atoms with Crippen molar-refractivity contribution in [3.05, 3.63) is 0 Å². The lowest BCUT2D eigenvalue weighted by molar-refractivity contribution is 0.252. The number of nitriles is 1. The van der Waals surface area contributed by atoms with Crippen LogP contribution in [0.1, 0.15) is 27.2 Å². The molecule has 0 spiro atoms. The Balaban J connectivity index is 3.65. The van der Waals surface area contributed by atoms with Gasteiger partial charge in [0, 0.05) is 6.04 Å². The summed E-state index contributed by atoms with van der Waals surface area (Å²) < 4.78 is 0. The second-order valence-corrected chi connectivity index (χ2v) is 3.55. The van der Waals surface area contributed by atoms with Crippen LogP contribution in [-0.4, -0.2) is 24.5 Å². The lowest BCUT2D eigenvalue weighted by Crippen LogP contribution is -2.30. The minimum atomic E-state index is 0.523. The molecule has 1 atom stereocenters. The van der Waals surface area contributed by atoms with Crippen LogP contribution in [0.15, 0.2) is 0 Å². The molecule has 0 aromatic carbocycles. The molecule has 0 radical (unpaired) electrons. The third-order valence-electron chi connectivity index (χ3n) is 1.89. The molecule has 0 aliphatic rings. The van der Waals surface area contributed by atoms with E-state index in [2.05, 4.69) is 31.7 Å². The van der Waals surface area contributed by atoms with Gasteiger partial charge in [-0.1, -0.05) is 13.8 Å². The van der Waals surface area contributed by atoms with E-state index < -0.39 is 0 Å². The molecule has 0 saturated heterocycles. The van der Waals surface area contributed by atoms with E-state index in [0.717, 1.165) is 6.42 Å². The molecular formula is C9H18N2. The summed E-state index contributed by atoms with van der Waals surface area (Å²) in [7, 11) is 2.00. The second kappa shape index (κ2) is 5.15. The Hall–Kier alpha value is -0.550. The fraction of sp³-hybridized carbons (Fsp3) is 0.889. The molecule has 0 aromatic heterocycles. The Morgan fingerprint density at radius 1 is 1.36 bits per heavy atom. The van der Waals surface area contributed by atoms with Gasteiger partial charge in [-0.25, -0.2) is 0 Å². The Labute approximate surface area is 69.8 Å². The molecule has 0 fully saturated rings. The summed E-state index contributed by atoms with van der Waals surface area (Å²) in [4.78, 5) is 2.08. The fourth-order valence-corrected chi connectivity index (χ4v) is 1.13. The third kappa shape index (κ3) is 4.80. The zero-order valence-electron chi connectivity index (χ0n) is 7.96. The van der Waals surface area contributed by atoms with Gasteiger partial charge in [-0.05, 0) is 26.3 Å². The van der Waals surface area contributed by atoms with Gasteiger partial charge in [-0.2, -0.15) is 5.26 Å². The average Bonchev–Trinajstić information content (AvgIpc) is 1.86. The Kier molecular flexibility index (Phi) is 4.89. The molecule has 11 heavy (non-hydrogen) atoms.